The molecule has 0 bridgehead atoms. The minimum absolute atomic E-state index is 0.0911. The Bertz CT molecular complexity index is 626. The molecule has 0 amide bonds. The number of hydrogen-bond acceptors (Lipinski definition) is 5. The van der Waals surface area contributed by atoms with Crippen molar-refractivity contribution in [3.63, 3.8) is 0 Å². The molecule has 0 heterocycles. The molecule has 0 aliphatic carbocycles. The lowest BCUT2D eigenvalue weighted by atomic mass is 10.2. The molecule has 0 spiro atoms. The van der Waals surface area contributed by atoms with Gasteiger partial charge in [0.05, 0.1) is 19.4 Å². The molecule has 2 aromatic carbocycles. The van der Waals surface area contributed by atoms with Crippen LogP contribution in [0.1, 0.15) is 6.92 Å². The lowest BCUT2D eigenvalue weighted by molar-refractivity contribution is 0.335. The average Bonchev–Trinajstić information content (AvgIpc) is 2.42. The monoisotopic (exact) mass is 247 g/mol. The second-order valence-corrected chi connectivity index (χ2v) is 3.62. The van der Waals surface area contributed by atoms with Crippen molar-refractivity contribution >= 4 is 11.4 Å². The highest BCUT2D eigenvalue weighted by molar-refractivity contribution is 5.73. The first kappa shape index (κ1) is 12.2. The van der Waals surface area contributed by atoms with E-state index in [2.05, 4.69) is 5.32 Å². The number of ether oxygens (including phenoxy) is 2. The minimum Gasteiger partial charge on any atom is -0.495 e. The Morgan fingerprint density at radius 2 is 1.89 bits per heavy atom. The number of para-hydroxylation sites is 2. The summed E-state index contributed by atoms with van der Waals surface area (Å²) in [4.78, 5) is 22.8. The Hall–Kier alpha value is -2.30. The van der Waals surface area contributed by atoms with E-state index in [0.29, 0.717) is 18.0 Å². The molecule has 0 unspecified atom stereocenters. The molecule has 94 valence electrons. The fraction of sp³-hybridized carbons (Fsp3) is 0.231. The SMILES string of the molecule is CCOc1c(Nc2ccccc2OC)c(=O)c1=O. The lowest BCUT2D eigenvalue weighted by Crippen LogP contribution is -2.35. The summed E-state index contributed by atoms with van der Waals surface area (Å²) in [5, 5.41) is 2.87. The molecule has 0 atom stereocenters. The molecule has 0 radical (unpaired) electrons. The molecular weight excluding hydrogens is 234 g/mol. The number of methoxy groups -OCH3 is 1. The van der Waals surface area contributed by atoms with E-state index in [-0.39, 0.29) is 11.4 Å². The molecule has 0 aliphatic rings. The molecule has 5 nitrogen and oxygen atoms in total. The van der Waals surface area contributed by atoms with Crippen molar-refractivity contribution < 1.29 is 9.47 Å². The van der Waals surface area contributed by atoms with Crippen LogP contribution in [-0.2, 0) is 0 Å². The highest BCUT2D eigenvalue weighted by Gasteiger charge is 2.23. The van der Waals surface area contributed by atoms with Crippen molar-refractivity contribution in [2.24, 2.45) is 0 Å². The summed E-state index contributed by atoms with van der Waals surface area (Å²) in [6.07, 6.45) is 0. The molecule has 1 N–H and O–H groups in total. The highest BCUT2D eigenvalue weighted by Crippen LogP contribution is 2.29. The van der Waals surface area contributed by atoms with Crippen molar-refractivity contribution in [1.82, 2.24) is 0 Å². The number of hydrogen-bond donors (Lipinski definition) is 1. The van der Waals surface area contributed by atoms with Crippen molar-refractivity contribution in [2.75, 3.05) is 19.0 Å². The third kappa shape index (κ3) is 1.95. The van der Waals surface area contributed by atoms with Gasteiger partial charge in [-0.25, -0.2) is 0 Å². The Kier molecular flexibility index (Phi) is 3.32. The zero-order valence-electron chi connectivity index (χ0n) is 10.1. The summed E-state index contributed by atoms with van der Waals surface area (Å²) >= 11 is 0. The predicted octanol–water partition coefficient (Wildman–Crippen LogP) is 1.43. The topological polar surface area (TPSA) is 64.6 Å². The zero-order chi connectivity index (χ0) is 13.1. The first-order chi connectivity index (χ1) is 8.69. The van der Waals surface area contributed by atoms with Crippen LogP contribution >= 0.6 is 0 Å². The van der Waals surface area contributed by atoms with Crippen LogP contribution in [0.25, 0.3) is 0 Å². The predicted molar refractivity (Wildman–Crippen MR) is 68.8 cm³/mol. The summed E-state index contributed by atoms with van der Waals surface area (Å²) in [5.41, 5.74) is -0.349. The van der Waals surface area contributed by atoms with Crippen LogP contribution in [0.2, 0.25) is 0 Å². The van der Waals surface area contributed by atoms with Gasteiger partial charge in [-0.3, -0.25) is 9.59 Å². The minimum atomic E-state index is -0.589. The lowest BCUT2D eigenvalue weighted by Gasteiger charge is -2.14. The van der Waals surface area contributed by atoms with Gasteiger partial charge >= 0.3 is 0 Å². The molecular formula is C13H13NO4. The molecule has 0 saturated heterocycles. The molecule has 0 aliphatic heterocycles. The first-order valence-electron chi connectivity index (χ1n) is 5.55. The summed E-state index contributed by atoms with van der Waals surface area (Å²) in [6.45, 7) is 2.09. The van der Waals surface area contributed by atoms with Gasteiger partial charge in [0.2, 0.25) is 0 Å². The van der Waals surface area contributed by atoms with E-state index < -0.39 is 10.9 Å². The fourth-order valence-electron chi connectivity index (χ4n) is 1.65. The van der Waals surface area contributed by atoms with Crippen LogP contribution in [-0.4, -0.2) is 13.7 Å². The first-order valence-corrected chi connectivity index (χ1v) is 5.55. The standard InChI is InChI=1S/C13H13NO4/c1-3-18-13-10(11(15)12(13)16)14-8-6-4-5-7-9(8)17-2/h4-7,14H,3H2,1-2H3. The maximum Gasteiger partial charge on any atom is 0.272 e. The van der Waals surface area contributed by atoms with Crippen LogP contribution in [0.4, 0.5) is 11.4 Å². The fourth-order valence-corrected chi connectivity index (χ4v) is 1.65. The van der Waals surface area contributed by atoms with Gasteiger partial charge in [0.15, 0.2) is 5.75 Å². The molecule has 0 saturated carbocycles. The van der Waals surface area contributed by atoms with Crippen LogP contribution in [0.15, 0.2) is 33.9 Å². The smallest absolute Gasteiger partial charge is 0.272 e. The van der Waals surface area contributed by atoms with Gasteiger partial charge in [-0.15, -0.1) is 0 Å². The molecule has 5 heteroatoms. The zero-order valence-corrected chi connectivity index (χ0v) is 10.1. The summed E-state index contributed by atoms with van der Waals surface area (Å²) in [5.74, 6) is 0.682. The van der Waals surface area contributed by atoms with Crippen LogP contribution in [0, 0.1) is 0 Å². The van der Waals surface area contributed by atoms with Crippen LogP contribution < -0.4 is 25.6 Å². The Morgan fingerprint density at radius 1 is 1.17 bits per heavy atom. The van der Waals surface area contributed by atoms with Crippen LogP contribution in [0.3, 0.4) is 0 Å². The average molecular weight is 247 g/mol. The molecule has 2 aromatic rings. The Morgan fingerprint density at radius 3 is 2.56 bits per heavy atom. The van der Waals surface area contributed by atoms with Gasteiger partial charge in [-0.05, 0) is 19.1 Å². The molecule has 2 rings (SSSR count). The Balaban J connectivity index is 2.32. The van der Waals surface area contributed by atoms with Gasteiger partial charge in [-0.1, -0.05) is 12.1 Å². The normalized spacial score (nSPS) is 10.3. The third-order valence-electron chi connectivity index (χ3n) is 2.52. The van der Waals surface area contributed by atoms with E-state index in [4.69, 9.17) is 9.47 Å². The second kappa shape index (κ2) is 4.91. The van der Waals surface area contributed by atoms with E-state index in [1.54, 1.807) is 25.1 Å². The summed E-state index contributed by atoms with van der Waals surface area (Å²) in [6, 6.07) is 7.13. The van der Waals surface area contributed by atoms with E-state index in [1.807, 2.05) is 6.07 Å². The van der Waals surface area contributed by atoms with Gasteiger partial charge < -0.3 is 14.8 Å². The highest BCUT2D eigenvalue weighted by atomic mass is 16.5. The molecule has 18 heavy (non-hydrogen) atoms. The van der Waals surface area contributed by atoms with E-state index in [9.17, 15) is 9.59 Å². The Labute approximate surface area is 104 Å². The van der Waals surface area contributed by atoms with Gasteiger partial charge in [0.1, 0.15) is 11.4 Å². The molecule has 0 fully saturated rings. The van der Waals surface area contributed by atoms with E-state index in [0.717, 1.165) is 0 Å². The summed E-state index contributed by atoms with van der Waals surface area (Å²) in [7, 11) is 1.53. The molecule has 0 aromatic heterocycles. The number of nitrogens with one attached hydrogen (secondary N) is 1. The summed E-state index contributed by atoms with van der Waals surface area (Å²) < 4.78 is 10.3. The van der Waals surface area contributed by atoms with Gasteiger partial charge in [-0.2, -0.15) is 0 Å². The van der Waals surface area contributed by atoms with Crippen LogP contribution in [0.5, 0.6) is 11.5 Å². The number of benzene rings is 1. The van der Waals surface area contributed by atoms with Crippen molar-refractivity contribution in [3.05, 3.63) is 44.7 Å². The van der Waals surface area contributed by atoms with Crippen molar-refractivity contribution in [2.45, 2.75) is 6.92 Å². The third-order valence-corrected chi connectivity index (χ3v) is 2.52. The maximum atomic E-state index is 11.5. The maximum absolute atomic E-state index is 11.5. The number of anilines is 2. The second-order valence-electron chi connectivity index (χ2n) is 3.62. The van der Waals surface area contributed by atoms with Crippen molar-refractivity contribution in [3.8, 4) is 11.5 Å². The van der Waals surface area contributed by atoms with E-state index >= 15 is 0 Å². The quantitative estimate of drug-likeness (QED) is 0.810. The van der Waals surface area contributed by atoms with Gasteiger partial charge in [0.25, 0.3) is 10.9 Å². The largest absolute Gasteiger partial charge is 0.495 e. The van der Waals surface area contributed by atoms with Gasteiger partial charge in [0, 0.05) is 0 Å². The number of rotatable bonds is 5. The van der Waals surface area contributed by atoms with E-state index in [1.165, 1.54) is 7.11 Å². The van der Waals surface area contributed by atoms with Crippen molar-refractivity contribution in [1.29, 1.82) is 0 Å².